The topological polar surface area (TPSA) is 43.8 Å². The van der Waals surface area contributed by atoms with E-state index in [2.05, 4.69) is 30.4 Å². The van der Waals surface area contributed by atoms with Gasteiger partial charge in [0.15, 0.2) is 0 Å². The maximum Gasteiger partial charge on any atom is 0.125 e. The smallest absolute Gasteiger partial charge is 0.125 e. The Labute approximate surface area is 106 Å². The summed E-state index contributed by atoms with van der Waals surface area (Å²) in [5.74, 6) is 0.803. The van der Waals surface area contributed by atoms with E-state index >= 15 is 0 Å². The number of hydrogen-bond donors (Lipinski definition) is 1. The Morgan fingerprint density at radius 3 is 2.82 bits per heavy atom. The molecule has 3 nitrogen and oxygen atoms in total. The minimum absolute atomic E-state index is 0.803. The van der Waals surface area contributed by atoms with Gasteiger partial charge in [0.2, 0.25) is 0 Å². The van der Waals surface area contributed by atoms with Gasteiger partial charge in [0.05, 0.1) is 4.88 Å². The highest BCUT2D eigenvalue weighted by Gasteiger charge is 2.17. The highest BCUT2D eigenvalue weighted by Crippen LogP contribution is 2.34. The fourth-order valence-corrected chi connectivity index (χ4v) is 3.09. The SMILES string of the molecule is CCCc1c(-c2sccc2CC)nn(C)c1N. The minimum Gasteiger partial charge on any atom is -0.384 e. The molecule has 0 atom stereocenters. The fraction of sp³-hybridized carbons (Fsp3) is 0.462. The van der Waals surface area contributed by atoms with E-state index in [1.165, 1.54) is 16.0 Å². The van der Waals surface area contributed by atoms with Gasteiger partial charge in [0.25, 0.3) is 0 Å². The van der Waals surface area contributed by atoms with Gasteiger partial charge in [0, 0.05) is 12.6 Å². The summed E-state index contributed by atoms with van der Waals surface area (Å²) in [6.45, 7) is 4.35. The third-order valence-electron chi connectivity index (χ3n) is 3.04. The highest BCUT2D eigenvalue weighted by molar-refractivity contribution is 7.13. The van der Waals surface area contributed by atoms with Gasteiger partial charge < -0.3 is 5.73 Å². The summed E-state index contributed by atoms with van der Waals surface area (Å²) in [7, 11) is 1.91. The van der Waals surface area contributed by atoms with Crippen LogP contribution in [0.4, 0.5) is 5.82 Å². The van der Waals surface area contributed by atoms with Crippen LogP contribution in [0.15, 0.2) is 11.4 Å². The van der Waals surface area contributed by atoms with Crippen LogP contribution in [-0.2, 0) is 19.9 Å². The molecule has 0 aliphatic heterocycles. The molecule has 2 rings (SSSR count). The van der Waals surface area contributed by atoms with E-state index in [1.54, 1.807) is 16.0 Å². The molecule has 4 heteroatoms. The van der Waals surface area contributed by atoms with Crippen molar-refractivity contribution in [2.75, 3.05) is 5.73 Å². The van der Waals surface area contributed by atoms with Crippen LogP contribution in [0.25, 0.3) is 10.6 Å². The Bertz CT molecular complexity index is 511. The Balaban J connectivity index is 2.55. The first-order valence-corrected chi connectivity index (χ1v) is 6.95. The number of aryl methyl sites for hydroxylation is 2. The second-order valence-electron chi connectivity index (χ2n) is 4.21. The number of aromatic nitrogens is 2. The zero-order valence-electron chi connectivity index (χ0n) is 10.7. The zero-order chi connectivity index (χ0) is 12.4. The lowest BCUT2D eigenvalue weighted by atomic mass is 10.1. The molecule has 2 N–H and O–H groups in total. The van der Waals surface area contributed by atoms with Crippen LogP contribution in [0.3, 0.4) is 0 Å². The van der Waals surface area contributed by atoms with Gasteiger partial charge in [-0.2, -0.15) is 5.10 Å². The number of hydrogen-bond acceptors (Lipinski definition) is 3. The summed E-state index contributed by atoms with van der Waals surface area (Å²) >= 11 is 1.76. The van der Waals surface area contributed by atoms with Crippen molar-refractivity contribution < 1.29 is 0 Å². The Hall–Kier alpha value is -1.29. The number of rotatable bonds is 4. The lowest BCUT2D eigenvalue weighted by Gasteiger charge is -2.02. The molecule has 0 saturated carbocycles. The van der Waals surface area contributed by atoms with Gasteiger partial charge in [-0.15, -0.1) is 11.3 Å². The van der Waals surface area contributed by atoms with Crippen molar-refractivity contribution in [3.63, 3.8) is 0 Å². The van der Waals surface area contributed by atoms with Gasteiger partial charge in [-0.25, -0.2) is 0 Å². The lowest BCUT2D eigenvalue weighted by Crippen LogP contribution is -1.99. The third-order valence-corrected chi connectivity index (χ3v) is 4.00. The molecule has 0 unspecified atom stereocenters. The zero-order valence-corrected chi connectivity index (χ0v) is 11.5. The average molecular weight is 249 g/mol. The molecule has 0 bridgehead atoms. The predicted molar refractivity (Wildman–Crippen MR) is 74.3 cm³/mol. The number of nitrogens with zero attached hydrogens (tertiary/aromatic N) is 2. The standard InChI is InChI=1S/C13H19N3S/c1-4-6-10-11(15-16(3)13(10)14)12-9(5-2)7-8-17-12/h7-8H,4-6,14H2,1-3H3. The average Bonchev–Trinajstić information content (AvgIpc) is 2.89. The van der Waals surface area contributed by atoms with Crippen molar-refractivity contribution in [3.05, 3.63) is 22.6 Å². The van der Waals surface area contributed by atoms with Gasteiger partial charge in [-0.05, 0) is 29.9 Å². The molecule has 0 aliphatic carbocycles. The molecule has 0 saturated heterocycles. The van der Waals surface area contributed by atoms with Crippen molar-refractivity contribution >= 4 is 17.2 Å². The van der Waals surface area contributed by atoms with Crippen molar-refractivity contribution in [1.82, 2.24) is 9.78 Å². The molecule has 0 spiro atoms. The number of anilines is 1. The maximum absolute atomic E-state index is 6.09. The molecular formula is C13H19N3S. The summed E-state index contributed by atoms with van der Waals surface area (Å²) in [6.07, 6.45) is 3.13. The Morgan fingerprint density at radius 1 is 1.41 bits per heavy atom. The van der Waals surface area contributed by atoms with Crippen molar-refractivity contribution in [2.45, 2.75) is 33.1 Å². The molecule has 2 heterocycles. The molecule has 0 radical (unpaired) electrons. The molecule has 92 valence electrons. The van der Waals surface area contributed by atoms with Crippen LogP contribution in [0, 0.1) is 0 Å². The van der Waals surface area contributed by atoms with E-state index < -0.39 is 0 Å². The first-order valence-electron chi connectivity index (χ1n) is 6.07. The van der Waals surface area contributed by atoms with Gasteiger partial charge in [-0.1, -0.05) is 20.3 Å². The quantitative estimate of drug-likeness (QED) is 0.904. The third kappa shape index (κ3) is 2.09. The van der Waals surface area contributed by atoms with Crippen molar-refractivity contribution in [1.29, 1.82) is 0 Å². The van der Waals surface area contributed by atoms with Crippen LogP contribution < -0.4 is 5.73 Å². The molecule has 2 aromatic rings. The van der Waals surface area contributed by atoms with E-state index in [-0.39, 0.29) is 0 Å². The number of nitrogens with two attached hydrogens (primary N) is 1. The van der Waals surface area contributed by atoms with Crippen LogP contribution >= 0.6 is 11.3 Å². The monoisotopic (exact) mass is 249 g/mol. The first kappa shape index (κ1) is 12.2. The van der Waals surface area contributed by atoms with E-state index in [1.807, 2.05) is 7.05 Å². The number of nitrogen functional groups attached to an aromatic ring is 1. The second-order valence-corrected chi connectivity index (χ2v) is 5.13. The second kappa shape index (κ2) is 4.92. The predicted octanol–water partition coefficient (Wildman–Crippen LogP) is 3.25. The van der Waals surface area contributed by atoms with E-state index in [0.29, 0.717) is 0 Å². The molecule has 17 heavy (non-hydrogen) atoms. The molecular weight excluding hydrogens is 230 g/mol. The lowest BCUT2D eigenvalue weighted by molar-refractivity contribution is 0.781. The van der Waals surface area contributed by atoms with Gasteiger partial charge in [-0.3, -0.25) is 4.68 Å². The van der Waals surface area contributed by atoms with Crippen LogP contribution in [-0.4, -0.2) is 9.78 Å². The van der Waals surface area contributed by atoms with Gasteiger partial charge in [0.1, 0.15) is 11.5 Å². The molecule has 0 amide bonds. The summed E-state index contributed by atoms with van der Waals surface area (Å²) in [5.41, 5.74) is 9.74. The largest absolute Gasteiger partial charge is 0.384 e. The minimum atomic E-state index is 0.803. The Morgan fingerprint density at radius 2 is 2.18 bits per heavy atom. The van der Waals surface area contributed by atoms with Crippen molar-refractivity contribution in [3.8, 4) is 10.6 Å². The summed E-state index contributed by atoms with van der Waals surface area (Å²) in [4.78, 5) is 1.28. The van der Waals surface area contributed by atoms with E-state index in [0.717, 1.165) is 30.8 Å². The van der Waals surface area contributed by atoms with Crippen LogP contribution in [0.2, 0.25) is 0 Å². The molecule has 2 aromatic heterocycles. The first-order chi connectivity index (χ1) is 8.19. The Kier molecular flexibility index (Phi) is 3.52. The molecule has 0 aromatic carbocycles. The highest BCUT2D eigenvalue weighted by atomic mass is 32.1. The molecule has 0 fully saturated rings. The van der Waals surface area contributed by atoms with Crippen LogP contribution in [0.5, 0.6) is 0 Å². The fourth-order valence-electron chi connectivity index (χ4n) is 2.08. The molecule has 0 aliphatic rings. The van der Waals surface area contributed by atoms with Crippen molar-refractivity contribution in [2.24, 2.45) is 7.05 Å². The van der Waals surface area contributed by atoms with E-state index in [4.69, 9.17) is 5.73 Å². The summed E-state index contributed by atoms with van der Waals surface area (Å²) in [6, 6.07) is 2.18. The maximum atomic E-state index is 6.09. The normalized spacial score (nSPS) is 11.0. The summed E-state index contributed by atoms with van der Waals surface area (Å²) in [5, 5.41) is 6.72. The van der Waals surface area contributed by atoms with Crippen LogP contribution in [0.1, 0.15) is 31.4 Å². The van der Waals surface area contributed by atoms with Gasteiger partial charge >= 0.3 is 0 Å². The number of thiophene rings is 1. The van der Waals surface area contributed by atoms with E-state index in [9.17, 15) is 0 Å². The summed E-state index contributed by atoms with van der Waals surface area (Å²) < 4.78 is 1.79.